The van der Waals surface area contributed by atoms with Crippen molar-refractivity contribution in [1.82, 2.24) is 5.43 Å². The summed E-state index contributed by atoms with van der Waals surface area (Å²) in [6.45, 7) is 0. The Hall–Kier alpha value is -2.86. The molecule has 0 bridgehead atoms. The van der Waals surface area contributed by atoms with E-state index in [1.54, 1.807) is 30.5 Å². The molecule has 26 heavy (non-hydrogen) atoms. The van der Waals surface area contributed by atoms with E-state index in [0.717, 1.165) is 11.3 Å². The zero-order chi connectivity index (χ0) is 18.9. The topological polar surface area (TPSA) is 73.8 Å². The molecule has 2 aromatic rings. The number of carbonyl (C=O) groups is 2. The second kappa shape index (κ2) is 9.58. The molecule has 0 aromatic heterocycles. The molecule has 0 unspecified atom stereocenters. The second-order valence-electron chi connectivity index (χ2n) is 5.83. The van der Waals surface area contributed by atoms with E-state index >= 15 is 0 Å². The molecule has 0 fully saturated rings. The fourth-order valence-corrected chi connectivity index (χ4v) is 2.20. The molecule has 2 rings (SSSR count). The first-order valence-corrected chi connectivity index (χ1v) is 8.46. The average molecular weight is 373 g/mol. The molecule has 0 atom stereocenters. The van der Waals surface area contributed by atoms with Crippen molar-refractivity contribution in [2.45, 2.75) is 12.8 Å². The predicted octanol–water partition coefficient (Wildman–Crippen LogP) is 3.28. The van der Waals surface area contributed by atoms with Gasteiger partial charge in [-0.3, -0.25) is 9.59 Å². The molecule has 2 N–H and O–H groups in total. The highest BCUT2D eigenvalue weighted by molar-refractivity contribution is 6.30. The van der Waals surface area contributed by atoms with Gasteiger partial charge in [-0.25, -0.2) is 5.43 Å². The summed E-state index contributed by atoms with van der Waals surface area (Å²) >= 11 is 5.78. The van der Waals surface area contributed by atoms with Crippen LogP contribution in [0.25, 0.3) is 0 Å². The van der Waals surface area contributed by atoms with Crippen LogP contribution in [0.1, 0.15) is 18.4 Å². The van der Waals surface area contributed by atoms with Gasteiger partial charge in [-0.05, 0) is 42.0 Å². The third kappa shape index (κ3) is 6.57. The SMILES string of the molecule is CN(C)c1ccc(C=NNC(=O)CCC(=O)Nc2ccc(Cl)cc2)cc1. The standard InChI is InChI=1S/C19H21ClN4O2/c1-24(2)17-9-3-14(4-10-17)13-21-23-19(26)12-11-18(25)22-16-7-5-15(20)6-8-16/h3-10,13H,11-12H2,1-2H3,(H,22,25)(H,23,26). The molecule has 7 heteroatoms. The molecule has 0 radical (unpaired) electrons. The number of hydrogen-bond acceptors (Lipinski definition) is 4. The molecular formula is C19H21ClN4O2. The Labute approximate surface area is 157 Å². The molecule has 0 heterocycles. The Balaban J connectivity index is 1.72. The van der Waals surface area contributed by atoms with Gasteiger partial charge in [-0.15, -0.1) is 0 Å². The maximum atomic E-state index is 11.8. The lowest BCUT2D eigenvalue weighted by molar-refractivity contribution is -0.124. The zero-order valence-corrected chi connectivity index (χ0v) is 15.5. The van der Waals surface area contributed by atoms with Crippen LogP contribution in [0.5, 0.6) is 0 Å². The van der Waals surface area contributed by atoms with Crippen molar-refractivity contribution in [1.29, 1.82) is 0 Å². The number of hydrazone groups is 1. The maximum Gasteiger partial charge on any atom is 0.240 e. The molecule has 136 valence electrons. The van der Waals surface area contributed by atoms with Gasteiger partial charge >= 0.3 is 0 Å². The highest BCUT2D eigenvalue weighted by atomic mass is 35.5. The summed E-state index contributed by atoms with van der Waals surface area (Å²) in [6, 6.07) is 14.5. The first kappa shape index (κ1) is 19.5. The summed E-state index contributed by atoms with van der Waals surface area (Å²) in [5.74, 6) is -0.567. The number of nitrogens with one attached hydrogen (secondary N) is 2. The van der Waals surface area contributed by atoms with Crippen LogP contribution < -0.4 is 15.6 Å². The van der Waals surface area contributed by atoms with Crippen molar-refractivity contribution in [3.8, 4) is 0 Å². The van der Waals surface area contributed by atoms with Crippen molar-refractivity contribution in [3.63, 3.8) is 0 Å². The van der Waals surface area contributed by atoms with Gasteiger partial charge in [-0.2, -0.15) is 5.10 Å². The number of benzene rings is 2. The minimum absolute atomic E-state index is 0.0519. The lowest BCUT2D eigenvalue weighted by Gasteiger charge is -2.11. The highest BCUT2D eigenvalue weighted by Gasteiger charge is 2.06. The molecule has 6 nitrogen and oxygen atoms in total. The summed E-state index contributed by atoms with van der Waals surface area (Å²) in [4.78, 5) is 25.6. The maximum absolute atomic E-state index is 11.8. The quantitative estimate of drug-likeness (QED) is 0.578. The monoisotopic (exact) mass is 372 g/mol. The number of nitrogens with zero attached hydrogens (tertiary/aromatic N) is 2. The number of carbonyl (C=O) groups excluding carboxylic acids is 2. The van der Waals surface area contributed by atoms with Crippen molar-refractivity contribution < 1.29 is 9.59 Å². The van der Waals surface area contributed by atoms with Crippen LogP contribution in [0.2, 0.25) is 5.02 Å². The average Bonchev–Trinajstić information content (AvgIpc) is 2.62. The third-order valence-corrected chi connectivity index (χ3v) is 3.77. The molecule has 2 amide bonds. The van der Waals surface area contributed by atoms with Crippen molar-refractivity contribution in [3.05, 3.63) is 59.1 Å². The Kier molecular flexibility index (Phi) is 7.17. The Morgan fingerprint density at radius 2 is 1.62 bits per heavy atom. The van der Waals surface area contributed by atoms with E-state index in [1.165, 1.54) is 0 Å². The van der Waals surface area contributed by atoms with Crippen LogP contribution in [0, 0.1) is 0 Å². The van der Waals surface area contributed by atoms with Crippen molar-refractivity contribution in [2.75, 3.05) is 24.3 Å². The fourth-order valence-electron chi connectivity index (χ4n) is 2.08. The van der Waals surface area contributed by atoms with Crippen LogP contribution in [0.4, 0.5) is 11.4 Å². The lowest BCUT2D eigenvalue weighted by Crippen LogP contribution is -2.20. The van der Waals surface area contributed by atoms with Gasteiger partial charge in [0, 0.05) is 43.3 Å². The van der Waals surface area contributed by atoms with E-state index in [2.05, 4.69) is 15.8 Å². The minimum atomic E-state index is -0.322. The fraction of sp³-hybridized carbons (Fsp3) is 0.211. The minimum Gasteiger partial charge on any atom is -0.378 e. The predicted molar refractivity (Wildman–Crippen MR) is 106 cm³/mol. The highest BCUT2D eigenvalue weighted by Crippen LogP contribution is 2.13. The van der Waals surface area contributed by atoms with Gasteiger partial charge in [-0.1, -0.05) is 23.7 Å². The summed E-state index contributed by atoms with van der Waals surface area (Å²) in [5, 5.41) is 7.20. The summed E-state index contributed by atoms with van der Waals surface area (Å²) in [7, 11) is 3.93. The van der Waals surface area contributed by atoms with Gasteiger partial charge in [0.15, 0.2) is 0 Å². The largest absolute Gasteiger partial charge is 0.378 e. The van der Waals surface area contributed by atoms with Crippen LogP contribution in [0.3, 0.4) is 0 Å². The third-order valence-electron chi connectivity index (χ3n) is 3.52. The van der Waals surface area contributed by atoms with E-state index < -0.39 is 0 Å². The molecule has 0 aliphatic rings. The van der Waals surface area contributed by atoms with Gasteiger partial charge in [0.2, 0.25) is 11.8 Å². The Morgan fingerprint density at radius 3 is 2.23 bits per heavy atom. The number of anilines is 2. The number of hydrogen-bond donors (Lipinski definition) is 2. The van der Waals surface area contributed by atoms with E-state index in [1.807, 2.05) is 43.3 Å². The molecule has 0 aliphatic carbocycles. The van der Waals surface area contributed by atoms with Crippen molar-refractivity contribution >= 4 is 41.0 Å². The molecule has 0 saturated carbocycles. The van der Waals surface area contributed by atoms with Crippen molar-refractivity contribution in [2.24, 2.45) is 5.10 Å². The first-order chi connectivity index (χ1) is 12.4. The first-order valence-electron chi connectivity index (χ1n) is 8.09. The van der Waals surface area contributed by atoms with Crippen LogP contribution in [-0.4, -0.2) is 32.1 Å². The van der Waals surface area contributed by atoms with Crippen LogP contribution in [-0.2, 0) is 9.59 Å². The molecule has 0 saturated heterocycles. The van der Waals surface area contributed by atoms with Crippen LogP contribution >= 0.6 is 11.6 Å². The van der Waals surface area contributed by atoms with Gasteiger partial charge in [0.05, 0.1) is 6.21 Å². The number of rotatable bonds is 7. The van der Waals surface area contributed by atoms with Gasteiger partial charge in [0.1, 0.15) is 0 Å². The summed E-state index contributed by atoms with van der Waals surface area (Å²) in [5.41, 5.74) is 5.01. The number of halogens is 1. The van der Waals surface area contributed by atoms with E-state index in [4.69, 9.17) is 11.6 Å². The van der Waals surface area contributed by atoms with Gasteiger partial charge in [0.25, 0.3) is 0 Å². The summed E-state index contributed by atoms with van der Waals surface area (Å²) in [6.07, 6.45) is 1.68. The van der Waals surface area contributed by atoms with E-state index in [9.17, 15) is 9.59 Å². The van der Waals surface area contributed by atoms with Crippen LogP contribution in [0.15, 0.2) is 53.6 Å². The smallest absolute Gasteiger partial charge is 0.240 e. The molecule has 2 aromatic carbocycles. The summed E-state index contributed by atoms with van der Waals surface area (Å²) < 4.78 is 0. The van der Waals surface area contributed by atoms with Gasteiger partial charge < -0.3 is 10.2 Å². The normalized spacial score (nSPS) is 10.6. The second-order valence-corrected chi connectivity index (χ2v) is 6.27. The van der Waals surface area contributed by atoms with E-state index in [-0.39, 0.29) is 24.7 Å². The molecular weight excluding hydrogens is 352 g/mol. The number of amides is 2. The van der Waals surface area contributed by atoms with E-state index in [0.29, 0.717) is 10.7 Å². The zero-order valence-electron chi connectivity index (χ0n) is 14.7. The molecule has 0 aliphatic heterocycles. The Morgan fingerprint density at radius 1 is 1.00 bits per heavy atom. The lowest BCUT2D eigenvalue weighted by atomic mass is 10.2. The Bertz CT molecular complexity index is 771. The molecule has 0 spiro atoms.